The zero-order valence-electron chi connectivity index (χ0n) is 17.1. The van der Waals surface area contributed by atoms with E-state index >= 15 is 0 Å². The number of ketones is 1. The monoisotopic (exact) mass is 383 g/mol. The number of nitrogens with zero attached hydrogens (tertiary/aromatic N) is 2. The summed E-state index contributed by atoms with van der Waals surface area (Å²) in [4.78, 5) is 15.1. The average Bonchev–Trinajstić information content (AvgIpc) is 2.69. The van der Waals surface area contributed by atoms with Gasteiger partial charge in [-0.2, -0.15) is 5.26 Å². The summed E-state index contributed by atoms with van der Waals surface area (Å²) in [7, 11) is 0. The number of anilines is 1. The van der Waals surface area contributed by atoms with Gasteiger partial charge in [0, 0.05) is 17.7 Å². The summed E-state index contributed by atoms with van der Waals surface area (Å²) in [5.74, 6) is 0.152. The molecule has 0 radical (unpaired) electrons. The zero-order chi connectivity index (χ0) is 20.7. The van der Waals surface area contributed by atoms with E-state index in [0.29, 0.717) is 17.8 Å². The van der Waals surface area contributed by atoms with Crippen LogP contribution >= 0.6 is 0 Å². The van der Waals surface area contributed by atoms with Gasteiger partial charge in [0.05, 0.1) is 23.2 Å². The van der Waals surface area contributed by atoms with E-state index in [-0.39, 0.29) is 5.78 Å². The lowest BCUT2D eigenvalue weighted by Crippen LogP contribution is -2.39. The molecule has 1 aliphatic heterocycles. The van der Waals surface area contributed by atoms with Gasteiger partial charge in [-0.1, -0.05) is 42.0 Å². The van der Waals surface area contributed by atoms with E-state index < -0.39 is 5.92 Å². The lowest BCUT2D eigenvalue weighted by molar-refractivity contribution is -0.116. The van der Waals surface area contributed by atoms with Crippen LogP contribution in [0.5, 0.6) is 0 Å². The molecule has 4 heteroatoms. The van der Waals surface area contributed by atoms with Crippen LogP contribution in [0, 0.1) is 32.1 Å². The van der Waals surface area contributed by atoms with Crippen LogP contribution in [0.1, 0.15) is 47.4 Å². The van der Waals surface area contributed by atoms with Crippen LogP contribution in [0.2, 0.25) is 0 Å². The van der Waals surface area contributed by atoms with E-state index in [1.54, 1.807) is 0 Å². The standard InChI is InChI=1S/C25H25N3O/c1-15-11-12-18(17(3)13-15)23-19(14-26)25(27)28(20-8-5-4-7-16(20)2)21-9-6-10-22(29)24(21)23/h4-5,7-8,11-13,23H,6,9-10,27H2,1-3H3/t23-/m1/s1. The fraction of sp³-hybridized carbons (Fsp3) is 0.280. The van der Waals surface area contributed by atoms with Gasteiger partial charge in [-0.25, -0.2) is 0 Å². The molecule has 1 atom stereocenters. The second kappa shape index (κ2) is 7.25. The minimum Gasteiger partial charge on any atom is -0.384 e. The van der Waals surface area contributed by atoms with E-state index in [9.17, 15) is 10.1 Å². The molecule has 2 N–H and O–H groups in total. The number of para-hydroxylation sites is 1. The number of rotatable bonds is 2. The first kappa shape index (κ1) is 19.0. The maximum absolute atomic E-state index is 13.2. The third-order valence-corrected chi connectivity index (χ3v) is 6.01. The number of carbonyl (C=O) groups is 1. The number of allylic oxidation sites excluding steroid dienone is 3. The maximum atomic E-state index is 13.2. The van der Waals surface area contributed by atoms with E-state index in [0.717, 1.165) is 52.1 Å². The molecule has 1 aliphatic carbocycles. The molecule has 0 bridgehead atoms. The maximum Gasteiger partial charge on any atom is 0.161 e. The van der Waals surface area contributed by atoms with Crippen LogP contribution in [0.3, 0.4) is 0 Å². The number of nitriles is 1. The van der Waals surface area contributed by atoms with Gasteiger partial charge >= 0.3 is 0 Å². The molecule has 2 aromatic rings. The number of nitrogens with two attached hydrogens (primary N) is 1. The Morgan fingerprint density at radius 3 is 2.52 bits per heavy atom. The van der Waals surface area contributed by atoms with E-state index in [4.69, 9.17) is 5.73 Å². The molecule has 2 aliphatic rings. The minimum absolute atomic E-state index is 0.120. The molecule has 146 valence electrons. The van der Waals surface area contributed by atoms with Gasteiger partial charge in [0.25, 0.3) is 0 Å². The first-order valence-electron chi connectivity index (χ1n) is 10.0. The zero-order valence-corrected chi connectivity index (χ0v) is 17.1. The molecule has 0 unspecified atom stereocenters. The number of hydrogen-bond donors (Lipinski definition) is 1. The molecule has 0 saturated heterocycles. The lowest BCUT2D eigenvalue weighted by Gasteiger charge is -2.40. The lowest BCUT2D eigenvalue weighted by atomic mass is 9.74. The summed E-state index contributed by atoms with van der Waals surface area (Å²) in [6, 6.07) is 16.5. The Kier molecular flexibility index (Phi) is 4.76. The normalized spacial score (nSPS) is 19.3. The summed E-state index contributed by atoms with van der Waals surface area (Å²) in [6.45, 7) is 6.11. The van der Waals surface area contributed by atoms with Crippen molar-refractivity contribution in [2.24, 2.45) is 5.73 Å². The molecule has 0 fully saturated rings. The average molecular weight is 383 g/mol. The summed E-state index contributed by atoms with van der Waals surface area (Å²) >= 11 is 0. The molecule has 0 saturated carbocycles. The summed E-state index contributed by atoms with van der Waals surface area (Å²) in [6.07, 6.45) is 2.09. The highest BCUT2D eigenvalue weighted by Crippen LogP contribution is 2.47. The third-order valence-electron chi connectivity index (χ3n) is 6.01. The second-order valence-electron chi connectivity index (χ2n) is 7.96. The Morgan fingerprint density at radius 2 is 1.83 bits per heavy atom. The van der Waals surface area contributed by atoms with Crippen molar-refractivity contribution in [3.8, 4) is 6.07 Å². The number of carbonyl (C=O) groups excluding carboxylic acids is 1. The van der Waals surface area contributed by atoms with Crippen molar-refractivity contribution in [2.45, 2.75) is 46.0 Å². The largest absolute Gasteiger partial charge is 0.384 e. The third kappa shape index (κ3) is 3.03. The van der Waals surface area contributed by atoms with Crippen molar-refractivity contribution in [3.05, 3.63) is 87.4 Å². The van der Waals surface area contributed by atoms with Gasteiger partial charge in [-0.05, 0) is 56.4 Å². The van der Waals surface area contributed by atoms with Crippen molar-refractivity contribution in [2.75, 3.05) is 4.90 Å². The Labute approximate surface area is 171 Å². The van der Waals surface area contributed by atoms with Gasteiger partial charge in [0.2, 0.25) is 0 Å². The molecular formula is C25H25N3O. The molecule has 0 amide bonds. The molecular weight excluding hydrogens is 358 g/mol. The summed E-state index contributed by atoms with van der Waals surface area (Å²) in [5.41, 5.74) is 14.0. The molecule has 4 rings (SSSR count). The van der Waals surface area contributed by atoms with Crippen molar-refractivity contribution in [1.82, 2.24) is 0 Å². The molecule has 1 heterocycles. The molecule has 29 heavy (non-hydrogen) atoms. The predicted molar refractivity (Wildman–Crippen MR) is 115 cm³/mol. The van der Waals surface area contributed by atoms with Gasteiger partial charge in [0.15, 0.2) is 5.78 Å². The van der Waals surface area contributed by atoms with Crippen LogP contribution in [0.25, 0.3) is 0 Å². The highest BCUT2D eigenvalue weighted by Gasteiger charge is 2.40. The molecule has 4 nitrogen and oxygen atoms in total. The molecule has 0 aromatic heterocycles. The van der Waals surface area contributed by atoms with E-state index in [1.165, 1.54) is 0 Å². The van der Waals surface area contributed by atoms with Crippen molar-refractivity contribution < 1.29 is 4.79 Å². The highest BCUT2D eigenvalue weighted by molar-refractivity contribution is 6.01. The summed E-state index contributed by atoms with van der Waals surface area (Å²) < 4.78 is 0. The first-order chi connectivity index (χ1) is 13.9. The second-order valence-corrected chi connectivity index (χ2v) is 7.96. The minimum atomic E-state index is -0.399. The topological polar surface area (TPSA) is 70.1 Å². The van der Waals surface area contributed by atoms with Gasteiger partial charge < -0.3 is 5.73 Å². The Bertz CT molecular complexity index is 1120. The SMILES string of the molecule is Cc1ccc([C@@H]2C(C#N)=C(N)N(c3ccccc3C)C3=C2C(=O)CCC3)c(C)c1. The quantitative estimate of drug-likeness (QED) is 0.799. The van der Waals surface area contributed by atoms with Gasteiger partial charge in [-0.3, -0.25) is 9.69 Å². The smallest absolute Gasteiger partial charge is 0.161 e. The number of hydrogen-bond acceptors (Lipinski definition) is 4. The van der Waals surface area contributed by atoms with Crippen LogP contribution in [0.15, 0.2) is 65.1 Å². The van der Waals surface area contributed by atoms with Gasteiger partial charge in [0.1, 0.15) is 5.82 Å². The molecule has 0 spiro atoms. The Morgan fingerprint density at radius 1 is 1.07 bits per heavy atom. The fourth-order valence-corrected chi connectivity index (χ4v) is 4.64. The van der Waals surface area contributed by atoms with E-state index in [1.807, 2.05) is 62.1 Å². The number of Topliss-reactive ketones (excluding diaryl/α,β-unsaturated/α-hetero) is 1. The van der Waals surface area contributed by atoms with E-state index in [2.05, 4.69) is 12.1 Å². The van der Waals surface area contributed by atoms with Crippen molar-refractivity contribution >= 4 is 11.5 Å². The predicted octanol–water partition coefficient (Wildman–Crippen LogP) is 4.92. The van der Waals surface area contributed by atoms with Crippen LogP contribution in [-0.2, 0) is 4.79 Å². The van der Waals surface area contributed by atoms with Crippen LogP contribution in [-0.4, -0.2) is 5.78 Å². The Hall–Kier alpha value is -3.32. The van der Waals surface area contributed by atoms with Crippen LogP contribution in [0.4, 0.5) is 5.69 Å². The highest BCUT2D eigenvalue weighted by atomic mass is 16.1. The Balaban J connectivity index is 2.01. The first-order valence-corrected chi connectivity index (χ1v) is 10.0. The summed E-state index contributed by atoms with van der Waals surface area (Å²) in [5, 5.41) is 10.1. The molecule has 2 aromatic carbocycles. The van der Waals surface area contributed by atoms with Crippen LogP contribution < -0.4 is 10.6 Å². The fourth-order valence-electron chi connectivity index (χ4n) is 4.64. The van der Waals surface area contributed by atoms with Crippen molar-refractivity contribution in [3.63, 3.8) is 0 Å². The van der Waals surface area contributed by atoms with Crippen molar-refractivity contribution in [1.29, 1.82) is 5.26 Å². The van der Waals surface area contributed by atoms with Gasteiger partial charge in [-0.15, -0.1) is 0 Å². The number of aryl methyl sites for hydroxylation is 3. The number of benzene rings is 2.